The number of benzene rings is 1. The number of ether oxygens (including phenoxy) is 3. The lowest BCUT2D eigenvalue weighted by Gasteiger charge is -2.34. The number of hydrogen-bond acceptors (Lipinski definition) is 6. The van der Waals surface area contributed by atoms with Crippen molar-refractivity contribution in [3.8, 4) is 22.8 Å². The van der Waals surface area contributed by atoms with Gasteiger partial charge in [-0.15, -0.1) is 0 Å². The monoisotopic (exact) mass is 484 g/mol. The van der Waals surface area contributed by atoms with E-state index in [1.807, 2.05) is 36.8 Å². The molecule has 8 heteroatoms. The topological polar surface area (TPSA) is 71.3 Å². The molecule has 0 amide bonds. The molecule has 0 spiro atoms. The first-order valence-electron chi connectivity index (χ1n) is 12.0. The summed E-state index contributed by atoms with van der Waals surface area (Å²) in [6.07, 6.45) is 8.82. The van der Waals surface area contributed by atoms with Crippen LogP contribution in [-0.4, -0.2) is 44.9 Å². The van der Waals surface area contributed by atoms with E-state index in [4.69, 9.17) is 14.2 Å². The van der Waals surface area contributed by atoms with E-state index in [0.717, 1.165) is 34.9 Å². The first-order chi connectivity index (χ1) is 17.6. The van der Waals surface area contributed by atoms with Gasteiger partial charge in [-0.05, 0) is 35.9 Å². The van der Waals surface area contributed by atoms with Gasteiger partial charge < -0.3 is 18.8 Å². The van der Waals surface area contributed by atoms with Crippen molar-refractivity contribution in [2.24, 2.45) is 7.05 Å². The molecule has 1 aromatic carbocycles. The van der Waals surface area contributed by atoms with Crippen molar-refractivity contribution in [2.75, 3.05) is 13.2 Å². The highest BCUT2D eigenvalue weighted by molar-refractivity contribution is 6.08. The van der Waals surface area contributed by atoms with Crippen LogP contribution in [0.25, 0.3) is 32.9 Å². The summed E-state index contributed by atoms with van der Waals surface area (Å²) in [6, 6.07) is 15.3. The van der Waals surface area contributed by atoms with Crippen LogP contribution in [0.4, 0.5) is 4.39 Å². The van der Waals surface area contributed by atoms with Gasteiger partial charge >= 0.3 is 0 Å². The minimum atomic E-state index is -0.524. The van der Waals surface area contributed by atoms with Crippen LogP contribution < -0.4 is 9.47 Å². The third kappa shape index (κ3) is 4.47. The molecule has 1 aliphatic carbocycles. The van der Waals surface area contributed by atoms with Crippen molar-refractivity contribution in [2.45, 2.75) is 25.0 Å². The Morgan fingerprint density at radius 1 is 0.861 bits per heavy atom. The molecule has 4 aromatic heterocycles. The van der Waals surface area contributed by atoms with E-state index in [1.165, 1.54) is 23.2 Å². The normalized spacial score (nSPS) is 17.3. The fraction of sp³-hybridized carbons (Fsp3) is 0.250. The van der Waals surface area contributed by atoms with Crippen molar-refractivity contribution in [1.82, 2.24) is 19.5 Å². The van der Waals surface area contributed by atoms with Gasteiger partial charge in [0.1, 0.15) is 18.5 Å². The Morgan fingerprint density at radius 3 is 2.56 bits per heavy atom. The highest BCUT2D eigenvalue weighted by atomic mass is 19.1. The zero-order valence-electron chi connectivity index (χ0n) is 19.8. The van der Waals surface area contributed by atoms with E-state index < -0.39 is 5.95 Å². The molecular weight excluding hydrogens is 459 g/mol. The van der Waals surface area contributed by atoms with Crippen molar-refractivity contribution < 1.29 is 18.6 Å². The van der Waals surface area contributed by atoms with Gasteiger partial charge in [-0.1, -0.05) is 12.1 Å². The van der Waals surface area contributed by atoms with E-state index in [0.29, 0.717) is 24.8 Å². The highest BCUT2D eigenvalue weighted by Crippen LogP contribution is 2.32. The number of hydrogen-bond donors (Lipinski definition) is 0. The van der Waals surface area contributed by atoms with E-state index in [1.54, 1.807) is 6.07 Å². The quantitative estimate of drug-likeness (QED) is 0.219. The van der Waals surface area contributed by atoms with E-state index >= 15 is 0 Å². The number of aromatic nitrogens is 4. The van der Waals surface area contributed by atoms with E-state index in [9.17, 15) is 4.39 Å². The predicted molar refractivity (Wildman–Crippen MR) is 135 cm³/mol. The molecule has 7 nitrogen and oxygen atoms in total. The molecule has 182 valence electrons. The van der Waals surface area contributed by atoms with Gasteiger partial charge in [0.2, 0.25) is 11.8 Å². The molecule has 0 unspecified atom stereocenters. The summed E-state index contributed by atoms with van der Waals surface area (Å²) in [5.41, 5.74) is 4.48. The van der Waals surface area contributed by atoms with Gasteiger partial charge in [-0.3, -0.25) is 4.98 Å². The third-order valence-corrected chi connectivity index (χ3v) is 6.62. The lowest BCUT2D eigenvalue weighted by Crippen LogP contribution is -2.40. The van der Waals surface area contributed by atoms with Crippen molar-refractivity contribution in [1.29, 1.82) is 0 Å². The lowest BCUT2D eigenvalue weighted by atomic mass is 9.92. The predicted octanol–water partition coefficient (Wildman–Crippen LogP) is 5.33. The van der Waals surface area contributed by atoms with Crippen LogP contribution in [0.1, 0.15) is 12.8 Å². The van der Waals surface area contributed by atoms with Crippen LogP contribution in [0.3, 0.4) is 0 Å². The summed E-state index contributed by atoms with van der Waals surface area (Å²) in [4.78, 5) is 12.4. The molecule has 36 heavy (non-hydrogen) atoms. The molecule has 5 aromatic rings. The number of pyridine rings is 3. The Hall–Kier alpha value is -4.04. The summed E-state index contributed by atoms with van der Waals surface area (Å²) < 4.78 is 32.3. The number of rotatable bonds is 8. The first-order valence-corrected chi connectivity index (χ1v) is 12.0. The second-order valence-electron chi connectivity index (χ2n) is 8.94. The fourth-order valence-corrected chi connectivity index (χ4v) is 4.60. The average molecular weight is 485 g/mol. The summed E-state index contributed by atoms with van der Waals surface area (Å²) in [7, 11) is 2.08. The molecule has 0 aliphatic heterocycles. The Morgan fingerprint density at radius 2 is 1.75 bits per heavy atom. The van der Waals surface area contributed by atoms with Gasteiger partial charge in [0.05, 0.1) is 24.4 Å². The minimum Gasteiger partial charge on any atom is -0.490 e. The second kappa shape index (κ2) is 9.54. The van der Waals surface area contributed by atoms with Crippen molar-refractivity contribution in [3.05, 3.63) is 79.3 Å². The van der Waals surface area contributed by atoms with Crippen LogP contribution in [0.15, 0.2) is 73.3 Å². The number of aryl methyl sites for hydroxylation is 1. The Bertz CT molecular complexity index is 1500. The molecule has 0 bridgehead atoms. The maximum atomic E-state index is 12.8. The van der Waals surface area contributed by atoms with Crippen LogP contribution in [-0.2, 0) is 11.8 Å². The molecule has 1 fully saturated rings. The summed E-state index contributed by atoms with van der Waals surface area (Å²) in [5.74, 6) is 0.619. The van der Waals surface area contributed by atoms with Crippen LogP contribution in [0.2, 0.25) is 0 Å². The molecule has 4 heterocycles. The molecule has 1 aliphatic rings. The van der Waals surface area contributed by atoms with Crippen molar-refractivity contribution >= 4 is 21.8 Å². The molecule has 0 N–H and O–H groups in total. The van der Waals surface area contributed by atoms with Crippen LogP contribution in [0, 0.1) is 5.95 Å². The first kappa shape index (κ1) is 22.4. The lowest BCUT2D eigenvalue weighted by molar-refractivity contribution is -0.0680. The number of halogens is 1. The molecule has 0 saturated heterocycles. The number of nitrogens with zero attached hydrogens (tertiary/aromatic N) is 4. The summed E-state index contributed by atoms with van der Waals surface area (Å²) >= 11 is 0. The zero-order valence-corrected chi connectivity index (χ0v) is 19.8. The minimum absolute atomic E-state index is 0.0938. The zero-order chi connectivity index (χ0) is 24.5. The molecule has 0 atom stereocenters. The van der Waals surface area contributed by atoms with Gasteiger partial charge in [0.15, 0.2) is 0 Å². The Balaban J connectivity index is 1.01. The summed E-state index contributed by atoms with van der Waals surface area (Å²) in [6.45, 7) is 0.846. The Labute approximate surface area is 207 Å². The molecule has 0 radical (unpaired) electrons. The van der Waals surface area contributed by atoms with Gasteiger partial charge in [-0.25, -0.2) is 9.97 Å². The van der Waals surface area contributed by atoms with Crippen molar-refractivity contribution in [3.63, 3.8) is 0 Å². The fourth-order valence-electron chi connectivity index (χ4n) is 4.60. The van der Waals surface area contributed by atoms with E-state index in [-0.39, 0.29) is 12.2 Å². The van der Waals surface area contributed by atoms with Gasteiger partial charge in [-0.2, -0.15) is 4.39 Å². The SMILES string of the molecule is Cn1c2ccncc2c2ccc(-c3ccc(O[C@H]4C[C@H](OCCOc5ccc(F)nc5)C4)nc3)cc21. The number of fused-ring (bicyclic) bond motifs is 3. The molecule has 1 saturated carbocycles. The molecular formula is C28H25FN4O3. The van der Waals surface area contributed by atoms with Crippen LogP contribution >= 0.6 is 0 Å². The van der Waals surface area contributed by atoms with E-state index in [2.05, 4.69) is 44.8 Å². The maximum Gasteiger partial charge on any atom is 0.213 e. The Kier molecular flexibility index (Phi) is 5.95. The summed E-state index contributed by atoms with van der Waals surface area (Å²) in [5, 5.41) is 2.35. The third-order valence-electron chi connectivity index (χ3n) is 6.62. The maximum absolute atomic E-state index is 12.8. The largest absolute Gasteiger partial charge is 0.490 e. The molecule has 6 rings (SSSR count). The smallest absolute Gasteiger partial charge is 0.213 e. The van der Waals surface area contributed by atoms with Gasteiger partial charge in [0.25, 0.3) is 0 Å². The highest BCUT2D eigenvalue weighted by Gasteiger charge is 2.32. The van der Waals surface area contributed by atoms with Crippen LogP contribution in [0.5, 0.6) is 11.6 Å². The second-order valence-corrected chi connectivity index (χ2v) is 8.94. The van der Waals surface area contributed by atoms with Gasteiger partial charge in [0, 0.05) is 66.4 Å². The standard InChI is InChI=1S/C28H25FN4O3/c1-33-25-8-9-30-17-24(25)23-5-2-18(12-26(23)33)19-3-7-28(32-15-19)36-22-13-21(14-22)35-11-10-34-20-4-6-27(29)31-16-20/h2-9,12,15-17,21-22H,10-11,13-14H2,1H3/t21-,22-. The average Bonchev–Trinajstić information content (AvgIpc) is 3.18.